The molecule has 0 aliphatic rings. The molecule has 3 aromatic rings. The molecular weight excluding hydrogens is 232 g/mol. The van der Waals surface area contributed by atoms with Crippen LogP contribution in [0.5, 0.6) is 17.2 Å². The Bertz CT molecular complexity index is 678. The topological polar surface area (TPSA) is 89.4 Å². The van der Waals surface area contributed by atoms with Crippen LogP contribution in [0.4, 0.5) is 0 Å². The van der Waals surface area contributed by atoms with Crippen molar-refractivity contribution >= 4 is 11.0 Å². The molecule has 0 saturated heterocycles. The number of aromatic amines is 1. The fourth-order valence-corrected chi connectivity index (χ4v) is 1.83. The number of nitrogens with zero attached hydrogens (tertiary/aromatic N) is 1. The van der Waals surface area contributed by atoms with E-state index in [1.54, 1.807) is 0 Å². The van der Waals surface area contributed by atoms with Gasteiger partial charge in [0.25, 0.3) is 0 Å². The van der Waals surface area contributed by atoms with Gasteiger partial charge in [-0.25, -0.2) is 4.98 Å². The van der Waals surface area contributed by atoms with E-state index in [1.807, 2.05) is 24.3 Å². The Morgan fingerprint density at radius 1 is 0.944 bits per heavy atom. The van der Waals surface area contributed by atoms with Crippen LogP contribution in [0.1, 0.15) is 0 Å². The second kappa shape index (κ2) is 3.66. The summed E-state index contributed by atoms with van der Waals surface area (Å²) in [5, 5.41) is 28.2. The van der Waals surface area contributed by atoms with Gasteiger partial charge in [-0.3, -0.25) is 0 Å². The second-order valence-corrected chi connectivity index (χ2v) is 3.97. The van der Waals surface area contributed by atoms with Crippen LogP contribution in [0.3, 0.4) is 0 Å². The van der Waals surface area contributed by atoms with Crippen molar-refractivity contribution < 1.29 is 15.3 Å². The first-order valence-corrected chi connectivity index (χ1v) is 5.35. The van der Waals surface area contributed by atoms with Crippen LogP contribution in [-0.4, -0.2) is 25.3 Å². The van der Waals surface area contributed by atoms with Crippen molar-refractivity contribution in [1.82, 2.24) is 9.97 Å². The number of hydrogen-bond donors (Lipinski definition) is 4. The maximum atomic E-state index is 9.47. The fourth-order valence-electron chi connectivity index (χ4n) is 1.83. The highest BCUT2D eigenvalue weighted by molar-refractivity contribution is 5.80. The summed E-state index contributed by atoms with van der Waals surface area (Å²) in [6.45, 7) is 0. The van der Waals surface area contributed by atoms with Gasteiger partial charge >= 0.3 is 0 Å². The van der Waals surface area contributed by atoms with Crippen LogP contribution in [0, 0.1) is 0 Å². The van der Waals surface area contributed by atoms with E-state index in [9.17, 15) is 15.3 Å². The van der Waals surface area contributed by atoms with Gasteiger partial charge in [0.15, 0.2) is 17.2 Å². The number of nitrogens with one attached hydrogen (secondary N) is 1. The normalized spacial score (nSPS) is 10.9. The third-order valence-corrected chi connectivity index (χ3v) is 2.73. The summed E-state index contributed by atoms with van der Waals surface area (Å²) in [6.07, 6.45) is 0. The van der Waals surface area contributed by atoms with Gasteiger partial charge in [0.05, 0.1) is 11.0 Å². The van der Waals surface area contributed by atoms with Gasteiger partial charge in [-0.1, -0.05) is 12.1 Å². The van der Waals surface area contributed by atoms with Gasteiger partial charge < -0.3 is 20.3 Å². The molecule has 3 rings (SSSR count). The van der Waals surface area contributed by atoms with Crippen molar-refractivity contribution in [2.75, 3.05) is 0 Å². The molecule has 5 heteroatoms. The van der Waals surface area contributed by atoms with Crippen molar-refractivity contribution in [3.05, 3.63) is 36.4 Å². The van der Waals surface area contributed by atoms with Gasteiger partial charge in [-0.05, 0) is 24.3 Å². The van der Waals surface area contributed by atoms with Crippen molar-refractivity contribution in [2.24, 2.45) is 0 Å². The molecule has 0 unspecified atom stereocenters. The van der Waals surface area contributed by atoms with E-state index in [4.69, 9.17) is 0 Å². The molecule has 0 amide bonds. The first-order chi connectivity index (χ1) is 8.65. The minimum atomic E-state index is -0.533. The number of imidazole rings is 1. The number of benzene rings is 2. The van der Waals surface area contributed by atoms with E-state index in [1.165, 1.54) is 12.1 Å². The number of aromatic hydroxyl groups is 3. The summed E-state index contributed by atoms with van der Waals surface area (Å²) in [5.74, 6) is -0.785. The molecule has 0 aliphatic heterocycles. The molecular formula is C13H10N2O3. The molecule has 0 aliphatic carbocycles. The predicted octanol–water partition coefficient (Wildman–Crippen LogP) is 2.35. The highest BCUT2D eigenvalue weighted by Gasteiger charge is 2.11. The highest BCUT2D eigenvalue weighted by atomic mass is 16.3. The summed E-state index contributed by atoms with van der Waals surface area (Å²) in [4.78, 5) is 7.41. The molecule has 4 N–H and O–H groups in total. The monoisotopic (exact) mass is 242 g/mol. The molecule has 1 heterocycles. The maximum absolute atomic E-state index is 9.47. The number of H-pyrrole nitrogens is 1. The summed E-state index contributed by atoms with van der Waals surface area (Å²) in [7, 11) is 0. The molecule has 0 fully saturated rings. The number of rotatable bonds is 1. The first kappa shape index (κ1) is 10.5. The molecule has 2 aromatic carbocycles. The summed E-state index contributed by atoms with van der Waals surface area (Å²) in [5.41, 5.74) is 2.15. The van der Waals surface area contributed by atoms with Gasteiger partial charge in [-0.2, -0.15) is 0 Å². The molecule has 0 radical (unpaired) electrons. The molecule has 18 heavy (non-hydrogen) atoms. The van der Waals surface area contributed by atoms with Crippen LogP contribution in [0.25, 0.3) is 22.4 Å². The number of hydrogen-bond acceptors (Lipinski definition) is 4. The molecule has 0 atom stereocenters. The first-order valence-electron chi connectivity index (χ1n) is 5.35. The van der Waals surface area contributed by atoms with Gasteiger partial charge in [0.1, 0.15) is 5.82 Å². The largest absolute Gasteiger partial charge is 0.504 e. The Balaban J connectivity index is 2.20. The maximum Gasteiger partial charge on any atom is 0.200 e. The van der Waals surface area contributed by atoms with Crippen LogP contribution in [-0.2, 0) is 0 Å². The van der Waals surface area contributed by atoms with Gasteiger partial charge in [0.2, 0.25) is 0 Å². The van der Waals surface area contributed by atoms with Crippen LogP contribution in [0.15, 0.2) is 36.4 Å². The highest BCUT2D eigenvalue weighted by Crippen LogP contribution is 2.38. The fraction of sp³-hybridized carbons (Fsp3) is 0. The summed E-state index contributed by atoms with van der Waals surface area (Å²) in [6, 6.07) is 10.2. The van der Waals surface area contributed by atoms with Crippen molar-refractivity contribution in [3.8, 4) is 28.6 Å². The number of para-hydroxylation sites is 2. The molecule has 1 aromatic heterocycles. The smallest absolute Gasteiger partial charge is 0.200 e. The molecule has 0 bridgehead atoms. The lowest BCUT2D eigenvalue weighted by Crippen LogP contribution is -1.81. The van der Waals surface area contributed by atoms with Crippen molar-refractivity contribution in [3.63, 3.8) is 0 Å². The van der Waals surface area contributed by atoms with E-state index in [2.05, 4.69) is 9.97 Å². The number of phenolic OH excluding ortho intramolecular Hbond substituents is 3. The zero-order valence-electron chi connectivity index (χ0n) is 9.25. The van der Waals surface area contributed by atoms with Crippen LogP contribution < -0.4 is 0 Å². The van der Waals surface area contributed by atoms with Gasteiger partial charge in [0, 0.05) is 5.56 Å². The average molecular weight is 242 g/mol. The van der Waals surface area contributed by atoms with E-state index in [0.29, 0.717) is 11.4 Å². The van der Waals surface area contributed by atoms with E-state index in [0.717, 1.165) is 11.0 Å². The molecule has 0 spiro atoms. The third-order valence-electron chi connectivity index (χ3n) is 2.73. The number of fused-ring (bicyclic) bond motifs is 1. The molecule has 5 nitrogen and oxygen atoms in total. The second-order valence-electron chi connectivity index (χ2n) is 3.97. The lowest BCUT2D eigenvalue weighted by molar-refractivity contribution is 0.368. The SMILES string of the molecule is Oc1cc(-c2nc3ccccc3[nH]2)cc(O)c1O. The number of aromatic nitrogens is 2. The third kappa shape index (κ3) is 1.53. The quantitative estimate of drug-likeness (QED) is 0.493. The Morgan fingerprint density at radius 3 is 2.28 bits per heavy atom. The lowest BCUT2D eigenvalue weighted by Gasteiger charge is -2.03. The lowest BCUT2D eigenvalue weighted by atomic mass is 10.2. The van der Waals surface area contributed by atoms with Crippen molar-refractivity contribution in [2.45, 2.75) is 0 Å². The Morgan fingerprint density at radius 2 is 1.61 bits per heavy atom. The minimum Gasteiger partial charge on any atom is -0.504 e. The van der Waals surface area contributed by atoms with E-state index < -0.39 is 5.75 Å². The Kier molecular flexibility index (Phi) is 2.13. The van der Waals surface area contributed by atoms with E-state index >= 15 is 0 Å². The van der Waals surface area contributed by atoms with Gasteiger partial charge in [-0.15, -0.1) is 0 Å². The van der Waals surface area contributed by atoms with Crippen LogP contribution >= 0.6 is 0 Å². The summed E-state index contributed by atoms with van der Waals surface area (Å²) >= 11 is 0. The zero-order chi connectivity index (χ0) is 12.7. The standard InChI is InChI=1S/C13H10N2O3/c16-10-5-7(6-11(17)12(10)18)13-14-8-3-1-2-4-9(8)15-13/h1-6,16-18H,(H,14,15). The molecule has 0 saturated carbocycles. The van der Waals surface area contributed by atoms with E-state index in [-0.39, 0.29) is 11.5 Å². The minimum absolute atomic E-state index is 0.384. The predicted molar refractivity (Wildman–Crippen MR) is 66.5 cm³/mol. The van der Waals surface area contributed by atoms with Crippen molar-refractivity contribution in [1.29, 1.82) is 0 Å². The average Bonchev–Trinajstić information content (AvgIpc) is 2.79. The zero-order valence-corrected chi connectivity index (χ0v) is 9.25. The Hall–Kier alpha value is -2.69. The van der Waals surface area contributed by atoms with Crippen LogP contribution in [0.2, 0.25) is 0 Å². The molecule has 90 valence electrons. The number of phenols is 3. The summed E-state index contributed by atoms with van der Waals surface area (Å²) < 4.78 is 0. The Labute approximate surface area is 102 Å².